The average molecular weight is 329 g/mol. The van der Waals surface area contributed by atoms with Crippen LogP contribution >= 0.6 is 22.7 Å². The third-order valence-electron chi connectivity index (χ3n) is 3.48. The van der Waals surface area contributed by atoms with E-state index < -0.39 is 0 Å². The number of H-pyrrole nitrogens is 1. The first-order valence-electron chi connectivity index (χ1n) is 6.62. The Kier molecular flexibility index (Phi) is 3.56. The lowest BCUT2D eigenvalue weighted by atomic mass is 10.0. The van der Waals surface area contributed by atoms with Crippen LogP contribution in [0.2, 0.25) is 0 Å². The summed E-state index contributed by atoms with van der Waals surface area (Å²) in [5, 5.41) is 11.9. The number of fused-ring (bicyclic) bond motifs is 1. The number of pyridine rings is 1. The molecule has 3 aromatic heterocycles. The first-order chi connectivity index (χ1) is 10.6. The highest BCUT2D eigenvalue weighted by Gasteiger charge is 2.25. The van der Waals surface area contributed by atoms with Gasteiger partial charge in [0.25, 0.3) is 5.82 Å². The summed E-state index contributed by atoms with van der Waals surface area (Å²) in [6.07, 6.45) is 0.617. The predicted molar refractivity (Wildman–Crippen MR) is 89.0 cm³/mol. The van der Waals surface area contributed by atoms with E-state index in [1.54, 1.807) is 6.07 Å². The molecule has 0 aliphatic heterocycles. The summed E-state index contributed by atoms with van der Waals surface area (Å²) < 4.78 is 0. The molecule has 0 spiro atoms. The molecule has 22 heavy (non-hydrogen) atoms. The molecule has 3 heterocycles. The normalized spacial score (nSPS) is 10.7. The van der Waals surface area contributed by atoms with Crippen molar-refractivity contribution < 1.29 is 9.78 Å². The van der Waals surface area contributed by atoms with Crippen LogP contribution in [0.25, 0.3) is 10.2 Å². The lowest BCUT2D eigenvalue weighted by molar-refractivity contribution is -0.323. The summed E-state index contributed by atoms with van der Waals surface area (Å²) >= 11 is 2.66. The first-order valence-corrected chi connectivity index (χ1v) is 8.32. The predicted octanol–water partition coefficient (Wildman–Crippen LogP) is 2.61. The fraction of sp³-hybridized carbons (Fsp3) is 0.133. The fourth-order valence-corrected chi connectivity index (χ4v) is 4.32. The molecule has 0 atom stereocenters. The molecule has 7 heteroatoms. The number of carbonyl (C=O) groups is 1. The monoisotopic (exact) mass is 329 g/mol. The van der Waals surface area contributed by atoms with Crippen molar-refractivity contribution in [1.29, 1.82) is 5.26 Å². The van der Waals surface area contributed by atoms with Gasteiger partial charge in [0.15, 0.2) is 4.83 Å². The number of anilines is 2. The fourth-order valence-electron chi connectivity index (χ4n) is 2.47. The molecule has 5 N–H and O–H groups in total. The molecule has 0 bridgehead atoms. The highest BCUT2D eigenvalue weighted by atomic mass is 32.1. The molecule has 0 radical (unpaired) electrons. The quantitative estimate of drug-likeness (QED) is 0.720. The summed E-state index contributed by atoms with van der Waals surface area (Å²) in [6, 6.07) is 5.71. The number of aryl methyl sites for hydroxylation is 1. The number of thiophene rings is 2. The van der Waals surface area contributed by atoms with E-state index in [0.717, 1.165) is 15.8 Å². The van der Waals surface area contributed by atoms with E-state index in [4.69, 9.17) is 11.5 Å². The summed E-state index contributed by atoms with van der Waals surface area (Å²) in [5.41, 5.74) is 13.7. The number of rotatable bonds is 3. The van der Waals surface area contributed by atoms with E-state index in [-0.39, 0.29) is 5.78 Å². The lowest BCUT2D eigenvalue weighted by Gasteiger charge is -2.03. The van der Waals surface area contributed by atoms with Crippen molar-refractivity contribution in [2.75, 3.05) is 11.5 Å². The molecule has 0 aromatic carbocycles. The summed E-state index contributed by atoms with van der Waals surface area (Å²) in [7, 11) is 0. The summed E-state index contributed by atoms with van der Waals surface area (Å²) in [6.45, 7) is 1.94. The number of nitrogens with zero attached hydrogens (tertiary/aromatic N) is 1. The van der Waals surface area contributed by atoms with Crippen molar-refractivity contribution in [3.63, 3.8) is 0 Å². The van der Waals surface area contributed by atoms with Gasteiger partial charge in [-0.3, -0.25) is 10.5 Å². The van der Waals surface area contributed by atoms with Crippen molar-refractivity contribution in [2.24, 2.45) is 0 Å². The van der Waals surface area contributed by atoms with Crippen LogP contribution in [-0.2, 0) is 6.42 Å². The molecule has 0 aliphatic carbocycles. The maximum absolute atomic E-state index is 12.6. The van der Waals surface area contributed by atoms with Gasteiger partial charge in [0.05, 0.1) is 16.0 Å². The largest absolute Gasteiger partial charge is 0.397 e. The molecule has 3 rings (SSSR count). The van der Waals surface area contributed by atoms with Gasteiger partial charge in [0.1, 0.15) is 16.5 Å². The van der Waals surface area contributed by atoms with Crippen molar-refractivity contribution in [2.45, 2.75) is 13.3 Å². The van der Waals surface area contributed by atoms with Crippen LogP contribution in [0.4, 0.5) is 11.5 Å². The van der Waals surface area contributed by atoms with Gasteiger partial charge in [-0.25, -0.2) is 4.98 Å². The molecular weight excluding hydrogens is 316 g/mol. The summed E-state index contributed by atoms with van der Waals surface area (Å²) in [4.78, 5) is 17.4. The van der Waals surface area contributed by atoms with Gasteiger partial charge >= 0.3 is 0 Å². The second kappa shape index (κ2) is 5.40. The zero-order valence-corrected chi connectivity index (χ0v) is 13.4. The van der Waals surface area contributed by atoms with Crippen LogP contribution in [0.3, 0.4) is 0 Å². The minimum Gasteiger partial charge on any atom is -0.397 e. The number of aromatic amines is 1. The number of hydrogen-bond donors (Lipinski definition) is 2. The molecule has 0 amide bonds. The average Bonchev–Trinajstić information content (AvgIpc) is 3.14. The smallest absolute Gasteiger partial charge is 0.289 e. The van der Waals surface area contributed by atoms with E-state index in [1.165, 1.54) is 22.7 Å². The van der Waals surface area contributed by atoms with Crippen LogP contribution in [0.5, 0.6) is 0 Å². The Bertz CT molecular complexity index is 920. The molecule has 0 saturated heterocycles. The van der Waals surface area contributed by atoms with Crippen LogP contribution in [0, 0.1) is 11.3 Å². The Morgan fingerprint density at radius 2 is 2.23 bits per heavy atom. The highest BCUT2D eigenvalue weighted by Crippen LogP contribution is 2.37. The van der Waals surface area contributed by atoms with Gasteiger partial charge in [-0.2, -0.15) is 5.26 Å². The third-order valence-corrected chi connectivity index (χ3v) is 5.47. The van der Waals surface area contributed by atoms with Crippen molar-refractivity contribution in [1.82, 2.24) is 0 Å². The van der Waals surface area contributed by atoms with E-state index in [9.17, 15) is 10.1 Å². The van der Waals surface area contributed by atoms with E-state index >= 15 is 0 Å². The van der Waals surface area contributed by atoms with E-state index in [1.807, 2.05) is 18.4 Å². The van der Waals surface area contributed by atoms with Crippen LogP contribution < -0.4 is 16.5 Å². The third kappa shape index (κ3) is 2.04. The number of nitrogens with two attached hydrogens (primary N) is 2. The first kappa shape index (κ1) is 14.5. The number of nitrogens with one attached hydrogen (secondary N) is 1. The number of carbonyl (C=O) groups excluding carboxylic acids is 1. The Labute approximate surface area is 134 Å². The molecule has 0 unspecified atom stereocenters. The number of aromatic nitrogens is 1. The standard InChI is InChI=1S/C15H12N4OS2/c1-2-7-8(6-16)14(18)19-15-10(7)11(17)13(22-15)12(20)9-4-3-5-21-9/h3-5H,2,17H2,1H3,(H2,18,19)/p+1. The van der Waals surface area contributed by atoms with E-state index in [0.29, 0.717) is 33.2 Å². The van der Waals surface area contributed by atoms with Gasteiger partial charge in [-0.15, -0.1) is 11.3 Å². The van der Waals surface area contributed by atoms with Gasteiger partial charge in [0, 0.05) is 0 Å². The molecular formula is C15H13N4OS2+. The molecule has 0 saturated carbocycles. The van der Waals surface area contributed by atoms with Crippen molar-refractivity contribution in [3.8, 4) is 6.07 Å². The minimum absolute atomic E-state index is 0.0961. The minimum atomic E-state index is -0.0961. The molecule has 110 valence electrons. The van der Waals surface area contributed by atoms with Gasteiger partial charge in [-0.1, -0.05) is 24.3 Å². The second-order valence-electron chi connectivity index (χ2n) is 4.71. The Balaban J connectivity index is 2.31. The van der Waals surface area contributed by atoms with Crippen LogP contribution in [0.15, 0.2) is 17.5 Å². The second-order valence-corrected chi connectivity index (χ2v) is 6.68. The highest BCUT2D eigenvalue weighted by molar-refractivity contribution is 7.22. The van der Waals surface area contributed by atoms with Gasteiger partial charge in [0.2, 0.25) is 5.78 Å². The van der Waals surface area contributed by atoms with Gasteiger partial charge in [-0.05, 0) is 23.4 Å². The topological polar surface area (TPSA) is 107 Å². The number of nitrogen functional groups attached to an aromatic ring is 2. The number of hydrogen-bond acceptors (Lipinski definition) is 6. The summed E-state index contributed by atoms with van der Waals surface area (Å²) in [5.74, 6) is 0.212. The van der Waals surface area contributed by atoms with Crippen LogP contribution in [0.1, 0.15) is 32.6 Å². The van der Waals surface area contributed by atoms with Crippen LogP contribution in [-0.4, -0.2) is 5.78 Å². The Morgan fingerprint density at radius 3 is 2.82 bits per heavy atom. The lowest BCUT2D eigenvalue weighted by Crippen LogP contribution is -2.14. The number of ketones is 1. The molecule has 5 nitrogen and oxygen atoms in total. The van der Waals surface area contributed by atoms with Crippen molar-refractivity contribution >= 4 is 50.2 Å². The van der Waals surface area contributed by atoms with E-state index in [2.05, 4.69) is 11.1 Å². The molecule has 3 aromatic rings. The van der Waals surface area contributed by atoms with Gasteiger partial charge < -0.3 is 5.73 Å². The zero-order valence-electron chi connectivity index (χ0n) is 11.8. The zero-order chi connectivity index (χ0) is 15.9. The maximum Gasteiger partial charge on any atom is 0.289 e. The number of nitriles is 1. The Morgan fingerprint density at radius 1 is 1.45 bits per heavy atom. The SMILES string of the molecule is CCc1c(C#N)c(N)[nH+]c2sc(C(=O)c3cccs3)c(N)c12. The Hall–Kier alpha value is -2.43. The maximum atomic E-state index is 12.6. The molecule has 0 fully saturated rings. The van der Waals surface area contributed by atoms with Crippen molar-refractivity contribution in [3.05, 3.63) is 38.4 Å². The molecule has 0 aliphatic rings.